The van der Waals surface area contributed by atoms with Crippen molar-refractivity contribution in [2.45, 2.75) is 45.1 Å². The molecule has 0 bridgehead atoms. The minimum absolute atomic E-state index is 0.0119. The van der Waals surface area contributed by atoms with E-state index in [-0.39, 0.29) is 36.6 Å². The van der Waals surface area contributed by atoms with Gasteiger partial charge in [-0.25, -0.2) is 4.79 Å². The predicted molar refractivity (Wildman–Crippen MR) is 157 cm³/mol. The van der Waals surface area contributed by atoms with Crippen LogP contribution in [0.1, 0.15) is 30.5 Å². The highest BCUT2D eigenvalue weighted by atomic mass is 19.4. The largest absolute Gasteiger partial charge is 0.488 e. The van der Waals surface area contributed by atoms with Gasteiger partial charge in [-0.2, -0.15) is 13.2 Å². The Kier molecular flexibility index (Phi) is 10.3. The fraction of sp³-hybridized carbons (Fsp3) is 0.387. The number of pyridine rings is 1. The van der Waals surface area contributed by atoms with Crippen molar-refractivity contribution in [2.24, 2.45) is 5.92 Å². The molecule has 0 aliphatic carbocycles. The summed E-state index contributed by atoms with van der Waals surface area (Å²) in [5.41, 5.74) is 1.41. The van der Waals surface area contributed by atoms with E-state index >= 15 is 0 Å². The molecule has 0 saturated heterocycles. The number of aromatic nitrogens is 1. The molecule has 1 aliphatic rings. The number of hydrogen-bond acceptors (Lipinski definition) is 6. The van der Waals surface area contributed by atoms with Crippen LogP contribution in [0.2, 0.25) is 0 Å². The lowest BCUT2D eigenvalue weighted by Gasteiger charge is -2.34. The van der Waals surface area contributed by atoms with Crippen molar-refractivity contribution < 1.29 is 32.6 Å². The summed E-state index contributed by atoms with van der Waals surface area (Å²) in [6, 6.07) is 11.9. The Hall–Kier alpha value is -4.16. The molecule has 3 amide bonds. The number of carbonyl (C=O) groups excluding carboxylic acids is 2. The first-order chi connectivity index (χ1) is 20.4. The SMILES string of the molecule is C[C@@H]1CN([C@H](C)CO)C(=O)Cc2cc(NC(=O)Nc3ccc(C(F)(F)F)cc3)ccc2O[C@@H]1CN(C)Cc1ccncc1. The minimum Gasteiger partial charge on any atom is -0.488 e. The molecule has 3 N–H and O–H groups in total. The zero-order valence-corrected chi connectivity index (χ0v) is 24.3. The minimum atomic E-state index is -4.48. The van der Waals surface area contributed by atoms with E-state index in [4.69, 9.17) is 4.74 Å². The Balaban J connectivity index is 1.53. The summed E-state index contributed by atoms with van der Waals surface area (Å²) in [7, 11) is 1.99. The number of aliphatic hydroxyl groups is 1. The van der Waals surface area contributed by atoms with Crippen LogP contribution in [-0.2, 0) is 23.9 Å². The molecule has 0 unspecified atom stereocenters. The van der Waals surface area contributed by atoms with E-state index in [1.54, 1.807) is 42.4 Å². The van der Waals surface area contributed by atoms with E-state index in [1.807, 2.05) is 26.1 Å². The van der Waals surface area contributed by atoms with Crippen molar-refractivity contribution in [2.75, 3.05) is 37.4 Å². The number of fused-ring (bicyclic) bond motifs is 1. The average molecular weight is 600 g/mol. The van der Waals surface area contributed by atoms with E-state index in [9.17, 15) is 27.9 Å². The van der Waals surface area contributed by atoms with Gasteiger partial charge < -0.3 is 25.4 Å². The van der Waals surface area contributed by atoms with Crippen molar-refractivity contribution >= 4 is 23.3 Å². The molecule has 12 heteroatoms. The maximum Gasteiger partial charge on any atom is 0.416 e. The maximum atomic E-state index is 13.4. The number of likely N-dealkylation sites (N-methyl/N-ethyl adjacent to an activating group) is 1. The first-order valence-corrected chi connectivity index (χ1v) is 14.0. The third-order valence-corrected chi connectivity index (χ3v) is 7.34. The number of benzene rings is 2. The second-order valence-electron chi connectivity index (χ2n) is 10.9. The van der Waals surface area contributed by atoms with Crippen LogP contribution in [0.4, 0.5) is 29.3 Å². The number of anilines is 2. The molecule has 4 rings (SSSR count). The molecular formula is C31H36F3N5O4. The molecular weight excluding hydrogens is 563 g/mol. The molecule has 1 aromatic heterocycles. The normalized spacial score (nSPS) is 18.1. The van der Waals surface area contributed by atoms with Gasteiger partial charge in [0.2, 0.25) is 5.91 Å². The fourth-order valence-corrected chi connectivity index (χ4v) is 4.93. The van der Waals surface area contributed by atoms with Gasteiger partial charge in [-0.15, -0.1) is 0 Å². The zero-order chi connectivity index (χ0) is 31.1. The molecule has 0 spiro atoms. The smallest absolute Gasteiger partial charge is 0.416 e. The second kappa shape index (κ2) is 13.9. The number of nitrogens with zero attached hydrogens (tertiary/aromatic N) is 3. The van der Waals surface area contributed by atoms with Gasteiger partial charge in [0, 0.05) is 54.9 Å². The molecule has 43 heavy (non-hydrogen) atoms. The van der Waals surface area contributed by atoms with Crippen LogP contribution in [0, 0.1) is 5.92 Å². The molecule has 2 heterocycles. The number of nitrogens with one attached hydrogen (secondary N) is 2. The number of amides is 3. The Morgan fingerprint density at radius 3 is 2.42 bits per heavy atom. The second-order valence-corrected chi connectivity index (χ2v) is 10.9. The number of rotatable bonds is 8. The van der Waals surface area contributed by atoms with Gasteiger partial charge in [0.25, 0.3) is 0 Å². The van der Waals surface area contributed by atoms with Crippen molar-refractivity contribution in [3.63, 3.8) is 0 Å². The maximum absolute atomic E-state index is 13.4. The number of urea groups is 1. The highest BCUT2D eigenvalue weighted by Gasteiger charge is 2.32. The van der Waals surface area contributed by atoms with E-state index in [0.29, 0.717) is 36.6 Å². The van der Waals surface area contributed by atoms with Gasteiger partial charge in [-0.3, -0.25) is 14.7 Å². The van der Waals surface area contributed by atoms with Gasteiger partial charge in [-0.05, 0) is 74.1 Å². The lowest BCUT2D eigenvalue weighted by molar-refractivity contribution is -0.137. The van der Waals surface area contributed by atoms with Crippen LogP contribution in [0.5, 0.6) is 5.75 Å². The first-order valence-electron chi connectivity index (χ1n) is 14.0. The van der Waals surface area contributed by atoms with Gasteiger partial charge in [0.1, 0.15) is 11.9 Å². The molecule has 1 aliphatic heterocycles. The molecule has 2 aromatic carbocycles. The van der Waals surface area contributed by atoms with Crippen LogP contribution in [0.3, 0.4) is 0 Å². The quantitative estimate of drug-likeness (QED) is 0.336. The van der Waals surface area contributed by atoms with Gasteiger partial charge in [0.15, 0.2) is 0 Å². The average Bonchev–Trinajstić information content (AvgIpc) is 3.00. The van der Waals surface area contributed by atoms with Crippen molar-refractivity contribution in [3.8, 4) is 5.75 Å². The van der Waals surface area contributed by atoms with E-state index < -0.39 is 23.8 Å². The van der Waals surface area contributed by atoms with Crippen LogP contribution in [0.15, 0.2) is 67.0 Å². The summed E-state index contributed by atoms with van der Waals surface area (Å²) in [6.45, 7) is 5.25. The molecule has 0 fully saturated rings. The van der Waals surface area contributed by atoms with Crippen LogP contribution in [0.25, 0.3) is 0 Å². The van der Waals surface area contributed by atoms with E-state index in [2.05, 4.69) is 20.5 Å². The van der Waals surface area contributed by atoms with Gasteiger partial charge >= 0.3 is 12.2 Å². The Morgan fingerprint density at radius 1 is 1.12 bits per heavy atom. The predicted octanol–water partition coefficient (Wildman–Crippen LogP) is 5.03. The Labute approximate surface area is 248 Å². The summed E-state index contributed by atoms with van der Waals surface area (Å²) < 4.78 is 45.1. The fourth-order valence-electron chi connectivity index (χ4n) is 4.93. The molecule has 3 atom stereocenters. The van der Waals surface area contributed by atoms with Crippen LogP contribution < -0.4 is 15.4 Å². The van der Waals surface area contributed by atoms with Crippen molar-refractivity contribution in [1.82, 2.24) is 14.8 Å². The number of alkyl halides is 3. The number of halogens is 3. The monoisotopic (exact) mass is 599 g/mol. The number of ether oxygens (including phenoxy) is 1. The highest BCUT2D eigenvalue weighted by molar-refractivity contribution is 6.00. The van der Waals surface area contributed by atoms with Crippen molar-refractivity contribution in [3.05, 3.63) is 83.7 Å². The van der Waals surface area contributed by atoms with Crippen molar-refractivity contribution in [1.29, 1.82) is 0 Å². The summed E-state index contributed by atoms with van der Waals surface area (Å²) in [4.78, 5) is 33.9. The highest BCUT2D eigenvalue weighted by Crippen LogP contribution is 2.31. The van der Waals surface area contributed by atoms with Crippen LogP contribution >= 0.6 is 0 Å². The zero-order valence-electron chi connectivity index (χ0n) is 24.3. The van der Waals surface area contributed by atoms with Gasteiger partial charge in [0.05, 0.1) is 24.6 Å². The third kappa shape index (κ3) is 8.68. The summed E-state index contributed by atoms with van der Waals surface area (Å²) in [5, 5.41) is 15.0. The first kappa shape index (κ1) is 31.8. The lowest BCUT2D eigenvalue weighted by atomic mass is 10.0. The molecule has 9 nitrogen and oxygen atoms in total. The van der Waals surface area contributed by atoms with Gasteiger partial charge in [-0.1, -0.05) is 6.92 Å². The summed E-state index contributed by atoms with van der Waals surface area (Å²) in [6.07, 6.45) is -1.30. The third-order valence-electron chi connectivity index (χ3n) is 7.34. The molecule has 0 radical (unpaired) electrons. The standard InChI is InChI=1S/C31H36F3N5O4/c1-20-16-39(21(2)19-40)29(41)15-23-14-26(37-30(42)36-25-6-4-24(5-7-25)31(32,33)34)8-9-27(23)43-28(20)18-38(3)17-22-10-12-35-13-11-22/h4-14,20-21,28,40H,15-19H2,1-3H3,(H2,36,37,42)/t20-,21-,28-/m1/s1. The molecule has 230 valence electrons. The Bertz CT molecular complexity index is 1390. The summed E-state index contributed by atoms with van der Waals surface area (Å²) >= 11 is 0. The number of hydrogen-bond donors (Lipinski definition) is 3. The number of aliphatic hydroxyl groups excluding tert-OH is 1. The van der Waals surface area contributed by atoms with E-state index in [1.165, 1.54) is 12.1 Å². The van der Waals surface area contributed by atoms with E-state index in [0.717, 1.165) is 17.7 Å². The lowest BCUT2D eigenvalue weighted by Crippen LogP contribution is -2.47. The molecule has 3 aromatic rings. The number of carbonyl (C=O) groups is 2. The van der Waals surface area contributed by atoms with Crippen LogP contribution in [-0.4, -0.2) is 70.7 Å². The summed E-state index contributed by atoms with van der Waals surface area (Å²) in [5.74, 6) is 0.251. The Morgan fingerprint density at radius 2 is 1.77 bits per heavy atom. The topological polar surface area (TPSA) is 107 Å². The molecule has 0 saturated carbocycles.